The summed E-state index contributed by atoms with van der Waals surface area (Å²) in [5.74, 6) is -0.0583. The molecule has 1 aliphatic rings. The largest absolute Gasteiger partial charge is 0.488 e. The molecule has 22 heavy (non-hydrogen) atoms. The summed E-state index contributed by atoms with van der Waals surface area (Å²) in [5, 5.41) is 10.1. The fourth-order valence-corrected chi connectivity index (χ4v) is 2.42. The number of benzene rings is 2. The highest BCUT2D eigenvalue weighted by Gasteiger charge is 2.22. The Hall–Kier alpha value is -2.66. The van der Waals surface area contributed by atoms with E-state index >= 15 is 0 Å². The summed E-state index contributed by atoms with van der Waals surface area (Å²) in [5.41, 5.74) is 2.66. The standard InChI is InChI=1S/C17H15NO4/c1-11(19)18(21)9-12-6-7-15-16(8-12)22-10-13-4-2-3-5-14(13)17(15)20/h2-8,21H,9-10H2,1H3. The lowest BCUT2D eigenvalue weighted by Crippen LogP contribution is -2.23. The minimum absolute atomic E-state index is 0.0487. The fraction of sp³-hybridized carbons (Fsp3) is 0.176. The minimum atomic E-state index is -0.445. The smallest absolute Gasteiger partial charge is 0.243 e. The van der Waals surface area contributed by atoms with Crippen molar-refractivity contribution in [3.05, 3.63) is 64.7 Å². The maximum atomic E-state index is 12.6. The van der Waals surface area contributed by atoms with Crippen molar-refractivity contribution < 1.29 is 19.5 Å². The first-order valence-corrected chi connectivity index (χ1v) is 6.91. The first-order valence-electron chi connectivity index (χ1n) is 6.91. The summed E-state index contributed by atoms with van der Waals surface area (Å²) in [6.07, 6.45) is 0. The number of rotatable bonds is 2. The van der Waals surface area contributed by atoms with Gasteiger partial charge in [0.15, 0.2) is 5.78 Å². The molecule has 1 N–H and O–H groups in total. The Balaban J connectivity index is 1.95. The third-order valence-corrected chi connectivity index (χ3v) is 3.63. The molecule has 2 aromatic carbocycles. The Morgan fingerprint density at radius 3 is 2.77 bits per heavy atom. The zero-order valence-corrected chi connectivity index (χ0v) is 12.1. The fourth-order valence-electron chi connectivity index (χ4n) is 2.42. The molecule has 0 bridgehead atoms. The average Bonchev–Trinajstić information content (AvgIpc) is 2.65. The van der Waals surface area contributed by atoms with E-state index in [-0.39, 0.29) is 12.3 Å². The molecule has 5 nitrogen and oxygen atoms in total. The van der Waals surface area contributed by atoms with Gasteiger partial charge in [-0.05, 0) is 17.7 Å². The van der Waals surface area contributed by atoms with Crippen LogP contribution in [0, 0.1) is 0 Å². The summed E-state index contributed by atoms with van der Waals surface area (Å²) >= 11 is 0. The zero-order valence-electron chi connectivity index (χ0n) is 12.1. The van der Waals surface area contributed by atoms with Gasteiger partial charge in [0.25, 0.3) is 0 Å². The lowest BCUT2D eigenvalue weighted by atomic mass is 9.98. The van der Waals surface area contributed by atoms with Gasteiger partial charge in [-0.1, -0.05) is 30.3 Å². The SMILES string of the molecule is CC(=O)N(O)Cc1ccc2c(c1)OCc1ccccc1C2=O. The molecule has 0 radical (unpaired) electrons. The Kier molecular flexibility index (Phi) is 3.65. The molecule has 1 aliphatic heterocycles. The summed E-state index contributed by atoms with van der Waals surface area (Å²) in [7, 11) is 0. The summed E-state index contributed by atoms with van der Waals surface area (Å²) in [6.45, 7) is 1.64. The van der Waals surface area contributed by atoms with Crippen LogP contribution in [0.2, 0.25) is 0 Å². The molecule has 0 aliphatic carbocycles. The van der Waals surface area contributed by atoms with Gasteiger partial charge in [-0.25, -0.2) is 5.06 Å². The first-order chi connectivity index (χ1) is 10.6. The molecule has 0 spiro atoms. The van der Waals surface area contributed by atoms with Crippen molar-refractivity contribution in [1.29, 1.82) is 0 Å². The van der Waals surface area contributed by atoms with Crippen molar-refractivity contribution >= 4 is 11.7 Å². The highest BCUT2D eigenvalue weighted by molar-refractivity contribution is 6.12. The lowest BCUT2D eigenvalue weighted by molar-refractivity contribution is -0.165. The Morgan fingerprint density at radius 2 is 2.00 bits per heavy atom. The lowest BCUT2D eigenvalue weighted by Gasteiger charge is -2.14. The molecule has 0 saturated carbocycles. The van der Waals surface area contributed by atoms with E-state index in [1.54, 1.807) is 24.3 Å². The third kappa shape index (κ3) is 2.58. The minimum Gasteiger partial charge on any atom is -0.488 e. The van der Waals surface area contributed by atoms with Crippen molar-refractivity contribution in [2.75, 3.05) is 0 Å². The van der Waals surface area contributed by atoms with Gasteiger partial charge in [0, 0.05) is 18.1 Å². The molecule has 112 valence electrons. The number of hydrogen-bond donors (Lipinski definition) is 1. The number of nitrogens with zero attached hydrogens (tertiary/aromatic N) is 1. The molecule has 0 aromatic heterocycles. The van der Waals surface area contributed by atoms with E-state index in [9.17, 15) is 14.8 Å². The maximum absolute atomic E-state index is 12.6. The second kappa shape index (κ2) is 5.61. The van der Waals surface area contributed by atoms with Gasteiger partial charge < -0.3 is 4.74 Å². The number of carbonyl (C=O) groups is 2. The molecule has 0 saturated heterocycles. The number of hydroxylamine groups is 2. The van der Waals surface area contributed by atoms with Crippen LogP contribution in [0.3, 0.4) is 0 Å². The molecular formula is C17H15NO4. The summed E-state index contributed by atoms with van der Waals surface area (Å²) in [4.78, 5) is 23.7. The van der Waals surface area contributed by atoms with Crippen molar-refractivity contribution in [2.24, 2.45) is 0 Å². The van der Waals surface area contributed by atoms with Crippen LogP contribution >= 0.6 is 0 Å². The van der Waals surface area contributed by atoms with Crippen LogP contribution in [0.1, 0.15) is 34.0 Å². The molecule has 3 rings (SSSR count). The predicted octanol–water partition coefficient (Wildman–Crippen LogP) is 2.55. The van der Waals surface area contributed by atoms with E-state index in [1.165, 1.54) is 6.92 Å². The van der Waals surface area contributed by atoms with Crippen LogP contribution in [-0.2, 0) is 17.9 Å². The van der Waals surface area contributed by atoms with Crippen LogP contribution in [0.15, 0.2) is 42.5 Å². The van der Waals surface area contributed by atoms with Crippen molar-refractivity contribution in [1.82, 2.24) is 5.06 Å². The first kappa shape index (κ1) is 14.3. The number of ketones is 1. The van der Waals surface area contributed by atoms with Crippen LogP contribution < -0.4 is 4.74 Å². The van der Waals surface area contributed by atoms with E-state index in [1.807, 2.05) is 18.2 Å². The normalized spacial score (nSPS) is 12.7. The zero-order chi connectivity index (χ0) is 15.7. The molecule has 5 heteroatoms. The van der Waals surface area contributed by atoms with Gasteiger partial charge in [0.2, 0.25) is 5.91 Å². The number of ether oxygens (including phenoxy) is 1. The van der Waals surface area contributed by atoms with Crippen LogP contribution in [0.5, 0.6) is 5.75 Å². The summed E-state index contributed by atoms with van der Waals surface area (Å²) in [6, 6.07) is 12.4. The van der Waals surface area contributed by atoms with E-state index in [0.29, 0.717) is 34.1 Å². The number of amides is 1. The van der Waals surface area contributed by atoms with Crippen molar-refractivity contribution in [3.63, 3.8) is 0 Å². The monoisotopic (exact) mass is 297 g/mol. The van der Waals surface area contributed by atoms with Crippen LogP contribution in [-0.4, -0.2) is 22.0 Å². The Labute approximate surface area is 127 Å². The van der Waals surface area contributed by atoms with Gasteiger partial charge in [-0.15, -0.1) is 0 Å². The van der Waals surface area contributed by atoms with E-state index in [4.69, 9.17) is 4.74 Å². The van der Waals surface area contributed by atoms with E-state index < -0.39 is 5.91 Å². The van der Waals surface area contributed by atoms with Gasteiger partial charge in [0.1, 0.15) is 12.4 Å². The van der Waals surface area contributed by atoms with Gasteiger partial charge >= 0.3 is 0 Å². The molecule has 0 fully saturated rings. The topological polar surface area (TPSA) is 66.8 Å². The number of fused-ring (bicyclic) bond motifs is 2. The Bertz CT molecular complexity index is 754. The quantitative estimate of drug-likeness (QED) is 0.683. The van der Waals surface area contributed by atoms with Crippen molar-refractivity contribution in [2.45, 2.75) is 20.1 Å². The highest BCUT2D eigenvalue weighted by Crippen LogP contribution is 2.29. The second-order valence-corrected chi connectivity index (χ2v) is 5.18. The molecule has 1 heterocycles. The van der Waals surface area contributed by atoms with Crippen molar-refractivity contribution in [3.8, 4) is 5.75 Å². The van der Waals surface area contributed by atoms with Gasteiger partial charge in [0.05, 0.1) is 12.1 Å². The molecule has 0 atom stereocenters. The van der Waals surface area contributed by atoms with Crippen LogP contribution in [0.4, 0.5) is 0 Å². The third-order valence-electron chi connectivity index (χ3n) is 3.63. The van der Waals surface area contributed by atoms with Gasteiger partial charge in [-0.2, -0.15) is 0 Å². The number of carbonyl (C=O) groups excluding carboxylic acids is 2. The summed E-state index contributed by atoms with van der Waals surface area (Å²) < 4.78 is 5.72. The average molecular weight is 297 g/mol. The Morgan fingerprint density at radius 1 is 1.23 bits per heavy atom. The highest BCUT2D eigenvalue weighted by atomic mass is 16.5. The molecule has 1 amide bonds. The van der Waals surface area contributed by atoms with Gasteiger partial charge in [-0.3, -0.25) is 14.8 Å². The van der Waals surface area contributed by atoms with E-state index in [2.05, 4.69) is 0 Å². The molecule has 2 aromatic rings. The predicted molar refractivity (Wildman–Crippen MR) is 78.7 cm³/mol. The number of hydrogen-bond acceptors (Lipinski definition) is 4. The molecular weight excluding hydrogens is 282 g/mol. The molecule has 0 unspecified atom stereocenters. The maximum Gasteiger partial charge on any atom is 0.243 e. The second-order valence-electron chi connectivity index (χ2n) is 5.18. The van der Waals surface area contributed by atoms with E-state index in [0.717, 1.165) is 5.56 Å². The van der Waals surface area contributed by atoms with Crippen LogP contribution in [0.25, 0.3) is 0 Å².